The standard InChI is InChI=1S/C12H13NO3/c1-2-13-10-8-9(4-3-7-14)5-6-11(10)16-12(13)15/h5-8H,2-4H2,1H3. The highest BCUT2D eigenvalue weighted by Crippen LogP contribution is 2.15. The molecule has 1 aromatic carbocycles. The van der Waals surface area contributed by atoms with Gasteiger partial charge < -0.3 is 9.21 Å². The van der Waals surface area contributed by atoms with E-state index in [0.717, 1.165) is 17.4 Å². The number of oxazole rings is 1. The number of carbonyl (C=O) groups excluding carboxylic acids is 1. The summed E-state index contributed by atoms with van der Waals surface area (Å²) in [5.74, 6) is -0.329. The van der Waals surface area contributed by atoms with Crippen molar-refractivity contribution in [1.29, 1.82) is 0 Å². The van der Waals surface area contributed by atoms with Gasteiger partial charge in [-0.2, -0.15) is 0 Å². The zero-order valence-electron chi connectivity index (χ0n) is 9.10. The molecule has 0 bridgehead atoms. The molecule has 0 aliphatic rings. The third kappa shape index (κ3) is 1.78. The molecule has 0 aliphatic heterocycles. The number of aryl methyl sites for hydroxylation is 2. The number of hydrogen-bond acceptors (Lipinski definition) is 3. The Morgan fingerprint density at radius 2 is 2.25 bits per heavy atom. The van der Waals surface area contributed by atoms with Gasteiger partial charge >= 0.3 is 5.76 Å². The van der Waals surface area contributed by atoms with Crippen LogP contribution < -0.4 is 5.76 Å². The molecule has 2 aromatic rings. The Hall–Kier alpha value is -1.84. The summed E-state index contributed by atoms with van der Waals surface area (Å²) in [5, 5.41) is 0. The number of fused-ring (bicyclic) bond motifs is 1. The van der Waals surface area contributed by atoms with Crippen molar-refractivity contribution >= 4 is 17.4 Å². The fourth-order valence-electron chi connectivity index (χ4n) is 1.79. The average Bonchev–Trinajstić information content (AvgIpc) is 2.61. The minimum absolute atomic E-state index is 0.329. The first-order chi connectivity index (χ1) is 7.76. The third-order valence-electron chi connectivity index (χ3n) is 2.60. The summed E-state index contributed by atoms with van der Waals surface area (Å²) < 4.78 is 6.67. The van der Waals surface area contributed by atoms with E-state index in [1.807, 2.05) is 19.1 Å². The largest absolute Gasteiger partial charge is 0.419 e. The summed E-state index contributed by atoms with van der Waals surface area (Å²) in [6, 6.07) is 5.57. The van der Waals surface area contributed by atoms with Crippen molar-refractivity contribution < 1.29 is 9.21 Å². The minimum Gasteiger partial charge on any atom is -0.408 e. The predicted octanol–water partition coefficient (Wildman–Crippen LogP) is 1.75. The molecule has 1 aromatic heterocycles. The van der Waals surface area contributed by atoms with Crippen LogP contribution in [0.2, 0.25) is 0 Å². The van der Waals surface area contributed by atoms with Gasteiger partial charge in [0, 0.05) is 13.0 Å². The van der Waals surface area contributed by atoms with E-state index in [9.17, 15) is 9.59 Å². The average molecular weight is 219 g/mol. The zero-order valence-corrected chi connectivity index (χ0v) is 9.10. The quantitative estimate of drug-likeness (QED) is 0.736. The van der Waals surface area contributed by atoms with Gasteiger partial charge in [0.2, 0.25) is 0 Å². The minimum atomic E-state index is -0.329. The highest BCUT2D eigenvalue weighted by molar-refractivity contribution is 5.73. The van der Waals surface area contributed by atoms with Crippen LogP contribution in [0.25, 0.3) is 11.1 Å². The molecular formula is C12H13NO3. The van der Waals surface area contributed by atoms with E-state index < -0.39 is 0 Å². The lowest BCUT2D eigenvalue weighted by molar-refractivity contribution is -0.107. The summed E-state index contributed by atoms with van der Waals surface area (Å²) >= 11 is 0. The van der Waals surface area contributed by atoms with Gasteiger partial charge in [-0.25, -0.2) is 4.79 Å². The lowest BCUT2D eigenvalue weighted by Crippen LogP contribution is -2.12. The molecule has 0 amide bonds. The van der Waals surface area contributed by atoms with E-state index in [2.05, 4.69) is 0 Å². The fraction of sp³-hybridized carbons (Fsp3) is 0.333. The van der Waals surface area contributed by atoms with Gasteiger partial charge in [0.15, 0.2) is 5.58 Å². The molecule has 4 nitrogen and oxygen atoms in total. The maximum atomic E-state index is 11.4. The van der Waals surface area contributed by atoms with Crippen LogP contribution >= 0.6 is 0 Å². The molecule has 0 radical (unpaired) electrons. The first-order valence-electron chi connectivity index (χ1n) is 5.32. The molecule has 1 heterocycles. The van der Waals surface area contributed by atoms with E-state index in [-0.39, 0.29) is 5.76 Å². The maximum absolute atomic E-state index is 11.4. The lowest BCUT2D eigenvalue weighted by atomic mass is 10.1. The van der Waals surface area contributed by atoms with E-state index in [1.54, 1.807) is 10.6 Å². The zero-order chi connectivity index (χ0) is 11.5. The second kappa shape index (κ2) is 4.35. The van der Waals surface area contributed by atoms with Crippen LogP contribution in [0.1, 0.15) is 18.9 Å². The van der Waals surface area contributed by atoms with Gasteiger partial charge in [0.1, 0.15) is 6.29 Å². The topological polar surface area (TPSA) is 52.2 Å². The molecule has 0 saturated heterocycles. The summed E-state index contributed by atoms with van der Waals surface area (Å²) in [5.41, 5.74) is 2.44. The van der Waals surface area contributed by atoms with Crippen molar-refractivity contribution in [1.82, 2.24) is 4.57 Å². The second-order valence-electron chi connectivity index (χ2n) is 3.62. The predicted molar refractivity (Wildman–Crippen MR) is 60.5 cm³/mol. The van der Waals surface area contributed by atoms with Crippen LogP contribution in [0.4, 0.5) is 0 Å². The van der Waals surface area contributed by atoms with E-state index in [4.69, 9.17) is 4.42 Å². The van der Waals surface area contributed by atoms with Crippen molar-refractivity contribution in [3.05, 3.63) is 34.3 Å². The van der Waals surface area contributed by atoms with Crippen LogP contribution in [0.3, 0.4) is 0 Å². The number of benzene rings is 1. The number of hydrogen-bond donors (Lipinski definition) is 0. The first kappa shape index (κ1) is 10.7. The maximum Gasteiger partial charge on any atom is 0.419 e. The Bertz CT molecular complexity index is 565. The van der Waals surface area contributed by atoms with Crippen molar-refractivity contribution in [2.24, 2.45) is 0 Å². The Balaban J connectivity index is 2.50. The molecule has 0 N–H and O–H groups in total. The summed E-state index contributed by atoms with van der Waals surface area (Å²) in [6.07, 6.45) is 2.09. The summed E-state index contributed by atoms with van der Waals surface area (Å²) in [6.45, 7) is 2.48. The third-order valence-corrected chi connectivity index (χ3v) is 2.60. The molecule has 0 fully saturated rings. The van der Waals surface area contributed by atoms with Gasteiger partial charge in [-0.3, -0.25) is 4.57 Å². The van der Waals surface area contributed by atoms with E-state index in [1.165, 1.54) is 0 Å². The molecule has 0 saturated carbocycles. The van der Waals surface area contributed by atoms with E-state index in [0.29, 0.717) is 25.0 Å². The molecule has 0 unspecified atom stereocenters. The van der Waals surface area contributed by atoms with E-state index >= 15 is 0 Å². The second-order valence-corrected chi connectivity index (χ2v) is 3.62. The first-order valence-corrected chi connectivity index (χ1v) is 5.32. The fourth-order valence-corrected chi connectivity index (χ4v) is 1.79. The van der Waals surface area contributed by atoms with Crippen molar-refractivity contribution in [2.45, 2.75) is 26.3 Å². The smallest absolute Gasteiger partial charge is 0.408 e. The van der Waals surface area contributed by atoms with Gasteiger partial charge in [-0.1, -0.05) is 6.07 Å². The summed E-state index contributed by atoms with van der Waals surface area (Å²) in [4.78, 5) is 21.7. The van der Waals surface area contributed by atoms with Crippen molar-refractivity contribution in [2.75, 3.05) is 0 Å². The number of nitrogens with zero attached hydrogens (tertiary/aromatic N) is 1. The SMILES string of the molecule is CCn1c(=O)oc2ccc(CCC=O)cc21. The summed E-state index contributed by atoms with van der Waals surface area (Å²) in [7, 11) is 0. The molecule has 0 spiro atoms. The highest BCUT2D eigenvalue weighted by Gasteiger charge is 2.07. The Morgan fingerprint density at radius 1 is 1.44 bits per heavy atom. The molecule has 0 aliphatic carbocycles. The van der Waals surface area contributed by atoms with Crippen molar-refractivity contribution in [3.8, 4) is 0 Å². The molecule has 4 heteroatoms. The van der Waals surface area contributed by atoms with Crippen LogP contribution in [-0.2, 0) is 17.8 Å². The van der Waals surface area contributed by atoms with Crippen LogP contribution in [0, 0.1) is 0 Å². The van der Waals surface area contributed by atoms with Crippen LogP contribution in [0.15, 0.2) is 27.4 Å². The van der Waals surface area contributed by atoms with Crippen LogP contribution in [0.5, 0.6) is 0 Å². The molecular weight excluding hydrogens is 206 g/mol. The number of carbonyl (C=O) groups is 1. The Kier molecular flexibility index (Phi) is 2.90. The lowest BCUT2D eigenvalue weighted by Gasteiger charge is -1.99. The molecule has 84 valence electrons. The number of aldehydes is 1. The monoisotopic (exact) mass is 219 g/mol. The van der Waals surface area contributed by atoms with Gasteiger partial charge in [-0.15, -0.1) is 0 Å². The van der Waals surface area contributed by atoms with Crippen molar-refractivity contribution in [3.63, 3.8) is 0 Å². The van der Waals surface area contributed by atoms with Gasteiger partial charge in [-0.05, 0) is 31.0 Å². The molecule has 2 rings (SSSR count). The Labute approximate surface area is 92.5 Å². The number of aromatic nitrogens is 1. The van der Waals surface area contributed by atoms with Gasteiger partial charge in [0.25, 0.3) is 0 Å². The molecule has 0 atom stereocenters. The molecule has 16 heavy (non-hydrogen) atoms. The van der Waals surface area contributed by atoms with Gasteiger partial charge in [0.05, 0.1) is 5.52 Å². The number of rotatable bonds is 4. The highest BCUT2D eigenvalue weighted by atomic mass is 16.4. The van der Waals surface area contributed by atoms with Crippen LogP contribution in [-0.4, -0.2) is 10.9 Å². The Morgan fingerprint density at radius 3 is 2.94 bits per heavy atom. The normalized spacial score (nSPS) is 10.8.